The lowest BCUT2D eigenvalue weighted by Crippen LogP contribution is -2.29. The number of nitrogens with one attached hydrogen (secondary N) is 1. The van der Waals surface area contributed by atoms with E-state index < -0.39 is 12.0 Å². The number of hydrogen-bond acceptors (Lipinski definition) is 8. The van der Waals surface area contributed by atoms with E-state index in [1.807, 2.05) is 42.5 Å². The molecule has 0 bridgehead atoms. The van der Waals surface area contributed by atoms with Gasteiger partial charge in [0.25, 0.3) is 0 Å². The summed E-state index contributed by atoms with van der Waals surface area (Å²) in [7, 11) is 4.46. The van der Waals surface area contributed by atoms with E-state index in [0.717, 1.165) is 11.1 Å². The number of esters is 1. The van der Waals surface area contributed by atoms with Crippen LogP contribution < -0.4 is 14.8 Å². The molecule has 29 heavy (non-hydrogen) atoms. The Hall–Kier alpha value is -3.88. The van der Waals surface area contributed by atoms with Crippen LogP contribution in [-0.4, -0.2) is 47.5 Å². The second-order valence-electron chi connectivity index (χ2n) is 6.24. The van der Waals surface area contributed by atoms with Crippen molar-refractivity contribution in [2.75, 3.05) is 26.6 Å². The van der Waals surface area contributed by atoms with Crippen molar-refractivity contribution in [1.82, 2.24) is 20.2 Å². The van der Waals surface area contributed by atoms with E-state index >= 15 is 0 Å². The first-order valence-electron chi connectivity index (χ1n) is 8.82. The minimum absolute atomic E-state index is 0.260. The maximum Gasteiger partial charge on any atom is 0.354 e. The standard InChI is InChI=1S/C20H19N5O4/c1-27-14-10-9-13(11-15(14)28-2)16-17(19(26)29-3)21-20-22-23-24-25(20)18(16)12-7-5-4-6-8-12/h4-11,18H,1-3H3,(H,21,22,24)/t18-/m0/s1. The Labute approximate surface area is 166 Å². The van der Waals surface area contributed by atoms with Gasteiger partial charge in [0.15, 0.2) is 11.5 Å². The van der Waals surface area contributed by atoms with Gasteiger partial charge in [-0.25, -0.2) is 4.79 Å². The average Bonchev–Trinajstić information content (AvgIpc) is 3.25. The number of hydrogen-bond donors (Lipinski definition) is 1. The molecule has 0 unspecified atom stereocenters. The minimum Gasteiger partial charge on any atom is -0.493 e. The molecule has 0 aliphatic carbocycles. The zero-order valence-corrected chi connectivity index (χ0v) is 16.1. The first kappa shape index (κ1) is 18.5. The number of aromatic nitrogens is 4. The second kappa shape index (κ2) is 7.63. The number of allylic oxidation sites excluding steroid dienone is 1. The van der Waals surface area contributed by atoms with Crippen LogP contribution in [0.25, 0.3) is 5.57 Å². The summed E-state index contributed by atoms with van der Waals surface area (Å²) in [5.74, 6) is 0.948. The summed E-state index contributed by atoms with van der Waals surface area (Å²) < 4.78 is 17.5. The fourth-order valence-corrected chi connectivity index (χ4v) is 3.40. The van der Waals surface area contributed by atoms with E-state index in [1.54, 1.807) is 25.0 Å². The fourth-order valence-electron chi connectivity index (χ4n) is 3.40. The highest BCUT2D eigenvalue weighted by Gasteiger charge is 2.35. The van der Waals surface area contributed by atoms with E-state index in [-0.39, 0.29) is 5.70 Å². The number of fused-ring (bicyclic) bond motifs is 1. The molecule has 4 rings (SSSR count). The van der Waals surface area contributed by atoms with Gasteiger partial charge in [0.05, 0.1) is 21.3 Å². The fraction of sp³-hybridized carbons (Fsp3) is 0.200. The third kappa shape index (κ3) is 3.16. The van der Waals surface area contributed by atoms with Crippen LogP contribution in [-0.2, 0) is 9.53 Å². The number of benzene rings is 2. The smallest absolute Gasteiger partial charge is 0.354 e. The van der Waals surface area contributed by atoms with E-state index in [9.17, 15) is 4.79 Å². The molecule has 0 saturated carbocycles. The van der Waals surface area contributed by atoms with Gasteiger partial charge in [-0.2, -0.15) is 4.68 Å². The lowest BCUT2D eigenvalue weighted by molar-refractivity contribution is -0.135. The first-order chi connectivity index (χ1) is 14.2. The molecule has 9 nitrogen and oxygen atoms in total. The monoisotopic (exact) mass is 393 g/mol. The van der Waals surface area contributed by atoms with Gasteiger partial charge in [0.1, 0.15) is 11.7 Å². The summed E-state index contributed by atoms with van der Waals surface area (Å²) in [6.07, 6.45) is 0. The van der Waals surface area contributed by atoms with Crippen molar-refractivity contribution in [3.05, 3.63) is 65.4 Å². The lowest BCUT2D eigenvalue weighted by Gasteiger charge is -2.29. The van der Waals surface area contributed by atoms with Crippen molar-refractivity contribution in [2.24, 2.45) is 0 Å². The molecule has 9 heteroatoms. The van der Waals surface area contributed by atoms with Crippen molar-refractivity contribution < 1.29 is 19.0 Å². The van der Waals surface area contributed by atoms with Gasteiger partial charge in [-0.15, -0.1) is 0 Å². The molecule has 0 amide bonds. The van der Waals surface area contributed by atoms with E-state index in [0.29, 0.717) is 23.0 Å². The number of rotatable bonds is 5. The lowest BCUT2D eigenvalue weighted by atomic mass is 9.89. The summed E-state index contributed by atoms with van der Waals surface area (Å²) >= 11 is 0. The van der Waals surface area contributed by atoms with Gasteiger partial charge in [0, 0.05) is 5.57 Å². The molecule has 3 aromatic rings. The highest BCUT2D eigenvalue weighted by atomic mass is 16.5. The van der Waals surface area contributed by atoms with Crippen molar-refractivity contribution >= 4 is 17.5 Å². The van der Waals surface area contributed by atoms with Crippen LogP contribution in [0.4, 0.5) is 5.95 Å². The molecular weight excluding hydrogens is 374 g/mol. The maximum atomic E-state index is 12.7. The average molecular weight is 393 g/mol. The maximum absolute atomic E-state index is 12.7. The largest absolute Gasteiger partial charge is 0.493 e. The predicted molar refractivity (Wildman–Crippen MR) is 105 cm³/mol. The number of methoxy groups -OCH3 is 3. The molecule has 0 fully saturated rings. The van der Waals surface area contributed by atoms with Crippen molar-refractivity contribution in [3.63, 3.8) is 0 Å². The third-order valence-electron chi connectivity index (χ3n) is 4.72. The highest BCUT2D eigenvalue weighted by molar-refractivity contribution is 6.02. The molecule has 148 valence electrons. The SMILES string of the molecule is COC(=O)C1=C(c2ccc(OC)c(OC)c2)[C@H](c2ccccc2)n2nnnc2N1. The van der Waals surface area contributed by atoms with Gasteiger partial charge in [-0.1, -0.05) is 41.5 Å². The summed E-state index contributed by atoms with van der Waals surface area (Å²) in [4.78, 5) is 12.7. The van der Waals surface area contributed by atoms with Crippen LogP contribution in [0.1, 0.15) is 17.2 Å². The van der Waals surface area contributed by atoms with Crippen molar-refractivity contribution in [1.29, 1.82) is 0 Å². The quantitative estimate of drug-likeness (QED) is 0.659. The number of carbonyl (C=O) groups is 1. The molecule has 1 aromatic heterocycles. The molecule has 2 aromatic carbocycles. The number of tetrazole rings is 1. The molecule has 1 aliphatic rings. The normalized spacial score (nSPS) is 15.3. The summed E-state index contributed by atoms with van der Waals surface area (Å²) in [6.45, 7) is 0. The Morgan fingerprint density at radius 3 is 2.48 bits per heavy atom. The van der Waals surface area contributed by atoms with Crippen LogP contribution in [0.15, 0.2) is 54.2 Å². The predicted octanol–water partition coefficient (Wildman–Crippen LogP) is 2.29. The Bertz CT molecular complexity index is 1080. The molecule has 1 N–H and O–H groups in total. The van der Waals surface area contributed by atoms with Crippen LogP contribution in [0.2, 0.25) is 0 Å². The molecule has 2 heterocycles. The summed E-state index contributed by atoms with van der Waals surface area (Å²) in [5.41, 5.74) is 2.57. The van der Waals surface area contributed by atoms with E-state index in [4.69, 9.17) is 14.2 Å². The molecular formula is C20H19N5O4. The third-order valence-corrected chi connectivity index (χ3v) is 4.72. The zero-order valence-electron chi connectivity index (χ0n) is 16.1. The Kier molecular flexibility index (Phi) is 4.86. The molecule has 0 saturated heterocycles. The minimum atomic E-state index is -0.523. The molecule has 1 aliphatic heterocycles. The number of ether oxygens (including phenoxy) is 3. The number of carbonyl (C=O) groups excluding carboxylic acids is 1. The van der Waals surface area contributed by atoms with Gasteiger partial charge in [-0.3, -0.25) is 0 Å². The van der Waals surface area contributed by atoms with Gasteiger partial charge in [-0.05, 0) is 33.7 Å². The van der Waals surface area contributed by atoms with Crippen LogP contribution >= 0.6 is 0 Å². The highest BCUT2D eigenvalue weighted by Crippen LogP contribution is 2.42. The molecule has 0 spiro atoms. The van der Waals surface area contributed by atoms with Crippen molar-refractivity contribution in [3.8, 4) is 11.5 Å². The van der Waals surface area contributed by atoms with Crippen LogP contribution in [0.3, 0.4) is 0 Å². The van der Waals surface area contributed by atoms with Crippen LogP contribution in [0.5, 0.6) is 11.5 Å². The topological polar surface area (TPSA) is 100 Å². The van der Waals surface area contributed by atoms with E-state index in [2.05, 4.69) is 20.8 Å². The zero-order chi connectivity index (χ0) is 20.4. The van der Waals surface area contributed by atoms with Crippen LogP contribution in [0, 0.1) is 0 Å². The number of anilines is 1. The van der Waals surface area contributed by atoms with Crippen molar-refractivity contribution in [2.45, 2.75) is 6.04 Å². The summed E-state index contributed by atoms with van der Waals surface area (Å²) in [5, 5.41) is 14.9. The van der Waals surface area contributed by atoms with Gasteiger partial charge in [0.2, 0.25) is 5.95 Å². The molecule has 0 radical (unpaired) electrons. The summed E-state index contributed by atoms with van der Waals surface area (Å²) in [6, 6.07) is 14.7. The second-order valence-corrected chi connectivity index (χ2v) is 6.24. The Morgan fingerprint density at radius 2 is 1.79 bits per heavy atom. The Morgan fingerprint density at radius 1 is 1.03 bits per heavy atom. The van der Waals surface area contributed by atoms with Gasteiger partial charge < -0.3 is 19.5 Å². The van der Waals surface area contributed by atoms with Gasteiger partial charge >= 0.3 is 5.97 Å². The Balaban J connectivity index is 1.99. The number of nitrogens with zero attached hydrogens (tertiary/aromatic N) is 4. The molecule has 1 atom stereocenters. The van der Waals surface area contributed by atoms with E-state index in [1.165, 1.54) is 7.11 Å². The first-order valence-corrected chi connectivity index (χ1v) is 8.82.